The lowest BCUT2D eigenvalue weighted by Gasteiger charge is -2.12. The maximum atomic E-state index is 9.64. The highest BCUT2D eigenvalue weighted by molar-refractivity contribution is 7.09. The maximum absolute atomic E-state index is 9.64. The van der Waals surface area contributed by atoms with Crippen molar-refractivity contribution in [2.75, 3.05) is 6.61 Å². The van der Waals surface area contributed by atoms with Crippen LogP contribution in [-0.4, -0.2) is 16.7 Å². The molecular weight excluding hydrogens is 260 g/mol. The Balaban J connectivity index is 1.97. The van der Waals surface area contributed by atoms with Gasteiger partial charge in [-0.3, -0.25) is 0 Å². The first-order valence-electron chi connectivity index (χ1n) is 6.28. The molecule has 2 rings (SSSR count). The first kappa shape index (κ1) is 13.8. The van der Waals surface area contributed by atoms with E-state index < -0.39 is 0 Å². The molecule has 0 saturated heterocycles. The van der Waals surface area contributed by atoms with Crippen LogP contribution in [0.4, 0.5) is 0 Å². The molecule has 4 nitrogen and oxygen atoms in total. The summed E-state index contributed by atoms with van der Waals surface area (Å²) in [5, 5.41) is 16.1. The SMILES string of the molecule is CCOc1cc(CNC(C)c2nccs2)ccc1O. The Hall–Kier alpha value is -1.59. The Morgan fingerprint density at radius 3 is 3.00 bits per heavy atom. The Labute approximate surface area is 117 Å². The number of nitrogens with one attached hydrogen (secondary N) is 1. The lowest BCUT2D eigenvalue weighted by atomic mass is 10.2. The molecule has 1 aromatic heterocycles. The second-order valence-electron chi connectivity index (χ2n) is 4.21. The number of aromatic nitrogens is 1. The van der Waals surface area contributed by atoms with Crippen molar-refractivity contribution >= 4 is 11.3 Å². The van der Waals surface area contributed by atoms with Crippen molar-refractivity contribution in [1.82, 2.24) is 10.3 Å². The third-order valence-electron chi connectivity index (χ3n) is 2.76. The largest absolute Gasteiger partial charge is 0.504 e. The molecule has 1 unspecified atom stereocenters. The van der Waals surface area contributed by atoms with E-state index in [2.05, 4.69) is 17.2 Å². The van der Waals surface area contributed by atoms with E-state index in [0.717, 1.165) is 10.6 Å². The van der Waals surface area contributed by atoms with Crippen molar-refractivity contribution in [2.24, 2.45) is 0 Å². The van der Waals surface area contributed by atoms with Gasteiger partial charge < -0.3 is 15.2 Å². The molecule has 1 aromatic carbocycles. The van der Waals surface area contributed by atoms with Crippen molar-refractivity contribution in [3.05, 3.63) is 40.3 Å². The summed E-state index contributed by atoms with van der Waals surface area (Å²) in [5.41, 5.74) is 1.07. The van der Waals surface area contributed by atoms with E-state index in [1.54, 1.807) is 17.4 Å². The van der Waals surface area contributed by atoms with Crippen LogP contribution in [0.5, 0.6) is 11.5 Å². The van der Waals surface area contributed by atoms with Crippen LogP contribution < -0.4 is 10.1 Å². The van der Waals surface area contributed by atoms with Crippen LogP contribution in [0.2, 0.25) is 0 Å². The Kier molecular flexibility index (Phi) is 4.76. The number of benzene rings is 1. The minimum absolute atomic E-state index is 0.179. The average Bonchev–Trinajstić information content (AvgIpc) is 2.93. The molecule has 0 radical (unpaired) electrons. The van der Waals surface area contributed by atoms with Crippen LogP contribution in [-0.2, 0) is 6.54 Å². The Bertz CT molecular complexity index is 514. The molecule has 0 aliphatic carbocycles. The maximum Gasteiger partial charge on any atom is 0.161 e. The summed E-state index contributed by atoms with van der Waals surface area (Å²) in [6.45, 7) is 5.23. The van der Waals surface area contributed by atoms with E-state index >= 15 is 0 Å². The van der Waals surface area contributed by atoms with Crippen molar-refractivity contribution in [2.45, 2.75) is 26.4 Å². The molecule has 0 fully saturated rings. The van der Waals surface area contributed by atoms with Crippen LogP contribution in [0.25, 0.3) is 0 Å². The number of ether oxygens (including phenoxy) is 1. The van der Waals surface area contributed by atoms with Gasteiger partial charge in [0.2, 0.25) is 0 Å². The first-order chi connectivity index (χ1) is 9.20. The molecule has 0 amide bonds. The number of rotatable bonds is 6. The van der Waals surface area contributed by atoms with Gasteiger partial charge in [0, 0.05) is 18.1 Å². The van der Waals surface area contributed by atoms with E-state index in [1.807, 2.05) is 30.6 Å². The topological polar surface area (TPSA) is 54.4 Å². The van der Waals surface area contributed by atoms with Gasteiger partial charge in [0.05, 0.1) is 12.6 Å². The lowest BCUT2D eigenvalue weighted by molar-refractivity contribution is 0.317. The quantitative estimate of drug-likeness (QED) is 0.852. The van der Waals surface area contributed by atoms with Crippen LogP contribution >= 0.6 is 11.3 Å². The molecular formula is C14H18N2O2S. The summed E-state index contributed by atoms with van der Waals surface area (Å²) >= 11 is 1.64. The molecule has 0 aliphatic heterocycles. The zero-order valence-electron chi connectivity index (χ0n) is 11.1. The number of phenols is 1. The first-order valence-corrected chi connectivity index (χ1v) is 7.16. The number of nitrogens with zero attached hydrogens (tertiary/aromatic N) is 1. The predicted molar refractivity (Wildman–Crippen MR) is 76.6 cm³/mol. The van der Waals surface area contributed by atoms with Crippen LogP contribution in [0.3, 0.4) is 0 Å². The van der Waals surface area contributed by atoms with Gasteiger partial charge in [-0.2, -0.15) is 0 Å². The Morgan fingerprint density at radius 2 is 2.32 bits per heavy atom. The molecule has 0 aliphatic rings. The summed E-state index contributed by atoms with van der Waals surface area (Å²) in [7, 11) is 0. The molecule has 2 aromatic rings. The predicted octanol–water partition coefficient (Wildman–Crippen LogP) is 3.10. The van der Waals surface area contributed by atoms with E-state index in [9.17, 15) is 5.11 Å². The molecule has 0 bridgehead atoms. The highest BCUT2D eigenvalue weighted by atomic mass is 32.1. The molecule has 2 N–H and O–H groups in total. The average molecular weight is 278 g/mol. The Morgan fingerprint density at radius 1 is 1.47 bits per heavy atom. The second kappa shape index (κ2) is 6.54. The van der Waals surface area contributed by atoms with Gasteiger partial charge in [-0.1, -0.05) is 6.07 Å². The minimum Gasteiger partial charge on any atom is -0.504 e. The van der Waals surface area contributed by atoms with Gasteiger partial charge >= 0.3 is 0 Å². The highest BCUT2D eigenvalue weighted by Gasteiger charge is 2.08. The van der Waals surface area contributed by atoms with Gasteiger partial charge in [-0.05, 0) is 31.5 Å². The molecule has 0 saturated carbocycles. The van der Waals surface area contributed by atoms with Crippen molar-refractivity contribution in [1.29, 1.82) is 0 Å². The van der Waals surface area contributed by atoms with Gasteiger partial charge in [-0.15, -0.1) is 11.3 Å². The molecule has 102 valence electrons. The number of hydrogen-bond donors (Lipinski definition) is 2. The van der Waals surface area contributed by atoms with Gasteiger partial charge in [-0.25, -0.2) is 4.98 Å². The number of thiazole rings is 1. The smallest absolute Gasteiger partial charge is 0.161 e. The van der Waals surface area contributed by atoms with Crippen LogP contribution in [0, 0.1) is 0 Å². The van der Waals surface area contributed by atoms with E-state index in [4.69, 9.17) is 4.74 Å². The minimum atomic E-state index is 0.179. The van der Waals surface area contributed by atoms with Crippen molar-refractivity contribution < 1.29 is 9.84 Å². The van der Waals surface area contributed by atoms with Crippen molar-refractivity contribution in [3.63, 3.8) is 0 Å². The van der Waals surface area contributed by atoms with E-state index in [-0.39, 0.29) is 11.8 Å². The van der Waals surface area contributed by atoms with Crippen molar-refractivity contribution in [3.8, 4) is 11.5 Å². The third kappa shape index (κ3) is 3.68. The molecule has 1 heterocycles. The highest BCUT2D eigenvalue weighted by Crippen LogP contribution is 2.27. The van der Waals surface area contributed by atoms with Crippen LogP contribution in [0.1, 0.15) is 30.5 Å². The summed E-state index contributed by atoms with van der Waals surface area (Å²) in [6.07, 6.45) is 1.81. The fourth-order valence-electron chi connectivity index (χ4n) is 1.75. The molecule has 1 atom stereocenters. The molecule has 5 heteroatoms. The van der Waals surface area contributed by atoms with Crippen LogP contribution in [0.15, 0.2) is 29.8 Å². The summed E-state index contributed by atoms with van der Waals surface area (Å²) in [6, 6.07) is 5.62. The number of phenolic OH excluding ortho intramolecular Hbond substituents is 1. The normalized spacial score (nSPS) is 12.3. The molecule has 19 heavy (non-hydrogen) atoms. The third-order valence-corrected chi connectivity index (χ3v) is 3.72. The lowest BCUT2D eigenvalue weighted by Crippen LogP contribution is -2.17. The second-order valence-corrected chi connectivity index (χ2v) is 5.13. The zero-order chi connectivity index (χ0) is 13.7. The zero-order valence-corrected chi connectivity index (χ0v) is 11.9. The fourth-order valence-corrected chi connectivity index (χ4v) is 2.42. The monoisotopic (exact) mass is 278 g/mol. The number of aromatic hydroxyl groups is 1. The van der Waals surface area contributed by atoms with E-state index in [0.29, 0.717) is 18.9 Å². The standard InChI is InChI=1S/C14H18N2O2S/c1-3-18-13-8-11(4-5-12(13)17)9-16-10(2)14-15-6-7-19-14/h4-8,10,16-17H,3,9H2,1-2H3. The number of hydrogen-bond acceptors (Lipinski definition) is 5. The van der Waals surface area contributed by atoms with Gasteiger partial charge in [0.15, 0.2) is 11.5 Å². The summed E-state index contributed by atoms with van der Waals surface area (Å²) in [4.78, 5) is 4.28. The van der Waals surface area contributed by atoms with Gasteiger partial charge in [0.1, 0.15) is 5.01 Å². The molecule has 0 spiro atoms. The summed E-state index contributed by atoms with van der Waals surface area (Å²) in [5.74, 6) is 0.710. The van der Waals surface area contributed by atoms with Gasteiger partial charge in [0.25, 0.3) is 0 Å². The summed E-state index contributed by atoms with van der Waals surface area (Å²) < 4.78 is 5.37. The fraction of sp³-hybridized carbons (Fsp3) is 0.357. The van der Waals surface area contributed by atoms with E-state index in [1.165, 1.54) is 0 Å².